The van der Waals surface area contributed by atoms with Gasteiger partial charge in [-0.25, -0.2) is 0 Å². The lowest BCUT2D eigenvalue weighted by atomic mass is 9.98. The van der Waals surface area contributed by atoms with Crippen molar-refractivity contribution in [1.29, 1.82) is 0 Å². The molecule has 1 heterocycles. The van der Waals surface area contributed by atoms with Gasteiger partial charge in [-0.05, 0) is 19.8 Å². The molecule has 0 radical (unpaired) electrons. The van der Waals surface area contributed by atoms with E-state index in [0.717, 1.165) is 6.42 Å². The Labute approximate surface area is 62.0 Å². The first-order chi connectivity index (χ1) is 4.83. The molecule has 0 fully saturated rings. The minimum Gasteiger partial charge on any atom is -0.163 e. The molecule has 0 aromatic carbocycles. The third kappa shape index (κ3) is 1.94. The Kier molecular flexibility index (Phi) is 2.60. The summed E-state index contributed by atoms with van der Waals surface area (Å²) in [6, 6.07) is 0. The van der Waals surface area contributed by atoms with Crippen LogP contribution in [0, 0.1) is 5.92 Å². The van der Waals surface area contributed by atoms with Crippen LogP contribution in [0.1, 0.15) is 33.1 Å². The average molecular weight is 138 g/mol. The predicted molar refractivity (Wildman–Crippen MR) is 44.6 cm³/mol. The molecule has 1 unspecified atom stereocenters. The van der Waals surface area contributed by atoms with Gasteiger partial charge >= 0.3 is 0 Å². The summed E-state index contributed by atoms with van der Waals surface area (Å²) in [5.74, 6) is 0.655. The molecule has 2 nitrogen and oxygen atoms in total. The SMILES string of the molecule is CCCC1C=NN=C(C)C1. The predicted octanol–water partition coefficient (Wildman–Crippen LogP) is 2.25. The minimum absolute atomic E-state index is 0.655. The maximum Gasteiger partial charge on any atom is 0.0381 e. The lowest BCUT2D eigenvalue weighted by Crippen LogP contribution is -2.10. The molecule has 0 saturated heterocycles. The highest BCUT2D eigenvalue weighted by Crippen LogP contribution is 2.12. The van der Waals surface area contributed by atoms with E-state index in [4.69, 9.17) is 0 Å². The van der Waals surface area contributed by atoms with E-state index in [9.17, 15) is 0 Å². The van der Waals surface area contributed by atoms with Crippen LogP contribution in [0.5, 0.6) is 0 Å². The van der Waals surface area contributed by atoms with E-state index in [0.29, 0.717) is 5.92 Å². The van der Waals surface area contributed by atoms with Gasteiger partial charge in [0.1, 0.15) is 0 Å². The van der Waals surface area contributed by atoms with E-state index in [-0.39, 0.29) is 0 Å². The van der Waals surface area contributed by atoms with Crippen LogP contribution < -0.4 is 0 Å². The third-order valence-electron chi connectivity index (χ3n) is 1.72. The Bertz CT molecular complexity index is 159. The molecule has 1 rings (SSSR count). The van der Waals surface area contributed by atoms with Crippen LogP contribution in [0.4, 0.5) is 0 Å². The van der Waals surface area contributed by atoms with Gasteiger partial charge in [0, 0.05) is 17.8 Å². The molecular weight excluding hydrogens is 124 g/mol. The molecule has 1 aliphatic heterocycles. The molecule has 10 heavy (non-hydrogen) atoms. The van der Waals surface area contributed by atoms with Gasteiger partial charge in [0.25, 0.3) is 0 Å². The molecule has 0 spiro atoms. The number of nitrogens with zero attached hydrogens (tertiary/aromatic N) is 2. The maximum absolute atomic E-state index is 3.95. The number of hydrogen-bond donors (Lipinski definition) is 0. The van der Waals surface area contributed by atoms with Gasteiger partial charge < -0.3 is 0 Å². The first-order valence-electron chi connectivity index (χ1n) is 3.89. The second-order valence-electron chi connectivity index (χ2n) is 2.85. The van der Waals surface area contributed by atoms with Gasteiger partial charge in [0.05, 0.1) is 0 Å². The number of rotatable bonds is 2. The normalized spacial score (nSPS) is 24.6. The van der Waals surface area contributed by atoms with Crippen molar-refractivity contribution in [2.45, 2.75) is 33.1 Å². The van der Waals surface area contributed by atoms with E-state index in [1.54, 1.807) is 0 Å². The zero-order valence-electron chi connectivity index (χ0n) is 6.67. The van der Waals surface area contributed by atoms with E-state index >= 15 is 0 Å². The van der Waals surface area contributed by atoms with Crippen molar-refractivity contribution in [2.75, 3.05) is 0 Å². The van der Waals surface area contributed by atoms with Gasteiger partial charge in [-0.3, -0.25) is 0 Å². The fourth-order valence-corrected chi connectivity index (χ4v) is 1.25. The summed E-state index contributed by atoms with van der Waals surface area (Å²) >= 11 is 0. The summed E-state index contributed by atoms with van der Waals surface area (Å²) in [4.78, 5) is 0. The summed E-state index contributed by atoms with van der Waals surface area (Å²) in [5, 5.41) is 7.87. The van der Waals surface area contributed by atoms with Crippen molar-refractivity contribution >= 4 is 11.9 Å². The van der Waals surface area contributed by atoms with E-state index in [2.05, 4.69) is 17.1 Å². The topological polar surface area (TPSA) is 24.7 Å². The first kappa shape index (κ1) is 7.45. The van der Waals surface area contributed by atoms with Crippen molar-refractivity contribution < 1.29 is 0 Å². The van der Waals surface area contributed by atoms with Crippen LogP contribution in [0.25, 0.3) is 0 Å². The van der Waals surface area contributed by atoms with Crippen LogP contribution in [0.3, 0.4) is 0 Å². The molecule has 0 N–H and O–H groups in total. The van der Waals surface area contributed by atoms with Crippen molar-refractivity contribution in [3.05, 3.63) is 0 Å². The van der Waals surface area contributed by atoms with Crippen molar-refractivity contribution in [3.8, 4) is 0 Å². The molecule has 1 atom stereocenters. The Morgan fingerprint density at radius 3 is 3.10 bits per heavy atom. The van der Waals surface area contributed by atoms with Crippen LogP contribution in [-0.4, -0.2) is 11.9 Å². The van der Waals surface area contributed by atoms with Gasteiger partial charge in [0.2, 0.25) is 0 Å². The van der Waals surface area contributed by atoms with Gasteiger partial charge in [0.15, 0.2) is 0 Å². The first-order valence-corrected chi connectivity index (χ1v) is 3.89. The monoisotopic (exact) mass is 138 g/mol. The average Bonchev–Trinajstić information content (AvgIpc) is 1.88. The minimum atomic E-state index is 0.655. The summed E-state index contributed by atoms with van der Waals surface area (Å²) in [5.41, 5.74) is 1.17. The lowest BCUT2D eigenvalue weighted by molar-refractivity contribution is 0.634. The van der Waals surface area contributed by atoms with E-state index < -0.39 is 0 Å². The summed E-state index contributed by atoms with van der Waals surface area (Å²) in [6.07, 6.45) is 5.56. The summed E-state index contributed by atoms with van der Waals surface area (Å²) < 4.78 is 0. The molecule has 0 aromatic rings. The third-order valence-corrected chi connectivity index (χ3v) is 1.72. The van der Waals surface area contributed by atoms with Crippen LogP contribution in [0.15, 0.2) is 10.2 Å². The van der Waals surface area contributed by atoms with Gasteiger partial charge in [-0.2, -0.15) is 10.2 Å². The number of hydrogen-bond acceptors (Lipinski definition) is 2. The summed E-state index contributed by atoms with van der Waals surface area (Å²) in [6.45, 7) is 4.24. The maximum atomic E-state index is 3.95. The zero-order valence-corrected chi connectivity index (χ0v) is 6.67. The molecular formula is C8H14N2. The lowest BCUT2D eigenvalue weighted by Gasteiger charge is -2.11. The quantitative estimate of drug-likeness (QED) is 0.559. The molecule has 0 aliphatic carbocycles. The largest absolute Gasteiger partial charge is 0.163 e. The second kappa shape index (κ2) is 3.49. The fourth-order valence-electron chi connectivity index (χ4n) is 1.25. The van der Waals surface area contributed by atoms with Crippen LogP contribution in [0.2, 0.25) is 0 Å². The zero-order chi connectivity index (χ0) is 7.40. The highest BCUT2D eigenvalue weighted by Gasteiger charge is 2.08. The Morgan fingerprint density at radius 1 is 1.70 bits per heavy atom. The molecule has 2 heteroatoms. The Balaban J connectivity index is 2.39. The Hall–Kier alpha value is -0.660. The van der Waals surface area contributed by atoms with Crippen LogP contribution in [-0.2, 0) is 0 Å². The smallest absolute Gasteiger partial charge is 0.0381 e. The highest BCUT2D eigenvalue weighted by molar-refractivity contribution is 5.86. The standard InChI is InChI=1S/C8H14N2/c1-3-4-8-5-7(2)10-9-6-8/h6,8H,3-5H2,1-2H3. The molecule has 0 bridgehead atoms. The molecule has 1 aliphatic rings. The highest BCUT2D eigenvalue weighted by atomic mass is 15.2. The second-order valence-corrected chi connectivity index (χ2v) is 2.85. The molecule has 0 aromatic heterocycles. The van der Waals surface area contributed by atoms with Crippen molar-refractivity contribution in [2.24, 2.45) is 16.1 Å². The van der Waals surface area contributed by atoms with Crippen molar-refractivity contribution in [1.82, 2.24) is 0 Å². The van der Waals surface area contributed by atoms with Gasteiger partial charge in [-0.1, -0.05) is 13.3 Å². The molecule has 56 valence electrons. The van der Waals surface area contributed by atoms with Crippen molar-refractivity contribution in [3.63, 3.8) is 0 Å². The molecule has 0 saturated carbocycles. The van der Waals surface area contributed by atoms with E-state index in [1.165, 1.54) is 18.6 Å². The van der Waals surface area contributed by atoms with Crippen LogP contribution >= 0.6 is 0 Å². The fraction of sp³-hybridized carbons (Fsp3) is 0.750. The van der Waals surface area contributed by atoms with Gasteiger partial charge in [-0.15, -0.1) is 0 Å². The summed E-state index contributed by atoms with van der Waals surface area (Å²) in [7, 11) is 0. The van der Waals surface area contributed by atoms with E-state index in [1.807, 2.05) is 13.1 Å². The molecule has 0 amide bonds. The Morgan fingerprint density at radius 2 is 2.50 bits per heavy atom.